The average Bonchev–Trinajstić information content (AvgIpc) is 3.77. The number of aliphatic imine (C=N–C) groups is 1. The summed E-state index contributed by atoms with van der Waals surface area (Å²) in [5, 5.41) is 8.43. The van der Waals surface area contributed by atoms with E-state index in [1.54, 1.807) is 0 Å². The summed E-state index contributed by atoms with van der Waals surface area (Å²) in [6, 6.07) is 63.6. The zero-order valence-electron chi connectivity index (χ0n) is 29.1. The number of anilines is 1. The van der Waals surface area contributed by atoms with Gasteiger partial charge in [0.05, 0.1) is 39.2 Å². The zero-order valence-corrected chi connectivity index (χ0v) is 29.1. The lowest BCUT2D eigenvalue weighted by atomic mass is 9.99. The van der Waals surface area contributed by atoms with Gasteiger partial charge in [-0.1, -0.05) is 158 Å². The third-order valence-corrected chi connectivity index (χ3v) is 10.6. The van der Waals surface area contributed by atoms with Gasteiger partial charge < -0.3 is 9.88 Å². The van der Waals surface area contributed by atoms with Gasteiger partial charge in [0.25, 0.3) is 0 Å². The van der Waals surface area contributed by atoms with E-state index in [0.29, 0.717) is 5.95 Å². The molecule has 4 heterocycles. The Morgan fingerprint density at radius 3 is 1.57 bits per heavy atom. The molecule has 254 valence electrons. The minimum Gasteiger partial charge on any atom is -0.356 e. The first-order valence-electron chi connectivity index (χ1n) is 18.3. The van der Waals surface area contributed by atoms with Crippen molar-refractivity contribution in [1.82, 2.24) is 19.1 Å². The van der Waals surface area contributed by atoms with Crippen molar-refractivity contribution in [2.45, 2.75) is 6.17 Å². The van der Waals surface area contributed by atoms with Crippen LogP contribution in [0, 0.1) is 0 Å². The monoisotopic (exact) mass is 692 g/mol. The second kappa shape index (κ2) is 12.1. The lowest BCUT2D eigenvalue weighted by molar-refractivity contribution is 0.818. The van der Waals surface area contributed by atoms with Crippen molar-refractivity contribution in [2.75, 3.05) is 5.32 Å². The summed E-state index contributed by atoms with van der Waals surface area (Å²) in [5.41, 5.74) is 11.8. The molecule has 0 saturated carbocycles. The van der Waals surface area contributed by atoms with Gasteiger partial charge in [-0.25, -0.2) is 9.97 Å². The number of hydrogen-bond acceptors (Lipinski definition) is 4. The molecule has 1 aliphatic heterocycles. The molecule has 6 nitrogen and oxygen atoms in total. The zero-order chi connectivity index (χ0) is 35.6. The number of fused-ring (bicyclic) bond motifs is 8. The van der Waals surface area contributed by atoms with Crippen LogP contribution in [0.5, 0.6) is 0 Å². The fraction of sp³-hybridized carbons (Fsp3) is 0.0208. The van der Waals surface area contributed by atoms with E-state index >= 15 is 0 Å². The third-order valence-electron chi connectivity index (χ3n) is 10.6. The Labute approximate surface area is 311 Å². The molecular weight excluding hydrogens is 661 g/mol. The molecular formula is C48H32N6. The van der Waals surface area contributed by atoms with Crippen LogP contribution in [0.4, 0.5) is 5.69 Å². The minimum absolute atomic E-state index is 0.319. The van der Waals surface area contributed by atoms with Crippen LogP contribution in [0.3, 0.4) is 0 Å². The number of nitrogens with zero attached hydrogens (tertiary/aromatic N) is 5. The maximum absolute atomic E-state index is 5.54. The van der Waals surface area contributed by atoms with Crippen LogP contribution >= 0.6 is 0 Å². The Morgan fingerprint density at radius 1 is 0.426 bits per heavy atom. The second-order valence-electron chi connectivity index (χ2n) is 13.7. The maximum Gasteiger partial charge on any atom is 0.236 e. The molecule has 0 radical (unpaired) electrons. The van der Waals surface area contributed by atoms with Crippen molar-refractivity contribution < 1.29 is 0 Å². The highest BCUT2D eigenvalue weighted by Crippen LogP contribution is 2.43. The molecule has 7 aromatic carbocycles. The number of rotatable bonds is 5. The fourth-order valence-electron chi connectivity index (χ4n) is 8.18. The van der Waals surface area contributed by atoms with E-state index in [0.717, 1.165) is 78.0 Å². The van der Waals surface area contributed by atoms with Crippen molar-refractivity contribution >= 4 is 55.0 Å². The van der Waals surface area contributed by atoms with Crippen LogP contribution in [0.2, 0.25) is 0 Å². The quantitative estimate of drug-likeness (QED) is 0.195. The first kappa shape index (κ1) is 30.3. The standard InChI is InChI=1S/C48H32N6/c1-5-17-31(18-6-1)41-44-43(50-47(49-41)33-21-9-3-10-22-33)42(32-19-7-2-8-20-32)51-48(52-44)54-40-28-16-14-26-36(40)38-30-29-37-35-25-13-15-27-39(35)53(45(37)46(38)54)34-23-11-4-12-24-34/h1-30,47,50H. The maximum atomic E-state index is 5.54. The summed E-state index contributed by atoms with van der Waals surface area (Å²) < 4.78 is 4.66. The van der Waals surface area contributed by atoms with Crippen LogP contribution in [0.1, 0.15) is 23.0 Å². The third kappa shape index (κ3) is 4.63. The fourth-order valence-corrected chi connectivity index (χ4v) is 8.18. The van der Waals surface area contributed by atoms with Crippen molar-refractivity contribution in [3.8, 4) is 22.9 Å². The normalized spacial score (nSPS) is 14.0. The number of para-hydroxylation sites is 3. The smallest absolute Gasteiger partial charge is 0.236 e. The Bertz CT molecular complexity index is 3060. The topological polar surface area (TPSA) is 60.0 Å². The molecule has 0 aliphatic carbocycles. The van der Waals surface area contributed by atoms with E-state index in [1.165, 1.54) is 10.8 Å². The molecule has 0 spiro atoms. The molecule has 0 bridgehead atoms. The molecule has 1 aliphatic rings. The largest absolute Gasteiger partial charge is 0.356 e. The number of hydrogen-bond donors (Lipinski definition) is 1. The SMILES string of the molecule is c1ccc(C2=NC(c3ccccc3)Nc3c2nc(-n2c4ccccc4c4ccc5c6ccccc6n(-c6ccccc6)c5c42)nc3-c2ccccc2)cc1. The van der Waals surface area contributed by atoms with Crippen molar-refractivity contribution in [3.05, 3.63) is 199 Å². The molecule has 11 rings (SSSR count). The van der Waals surface area contributed by atoms with Gasteiger partial charge in [-0.3, -0.25) is 9.56 Å². The predicted octanol–water partition coefficient (Wildman–Crippen LogP) is 11.3. The second-order valence-corrected chi connectivity index (χ2v) is 13.7. The van der Waals surface area contributed by atoms with E-state index in [2.05, 4.69) is 178 Å². The van der Waals surface area contributed by atoms with E-state index in [4.69, 9.17) is 15.0 Å². The van der Waals surface area contributed by atoms with Gasteiger partial charge in [-0.05, 0) is 29.8 Å². The summed E-state index contributed by atoms with van der Waals surface area (Å²) in [5.74, 6) is 0.583. The molecule has 0 fully saturated rings. The van der Waals surface area contributed by atoms with E-state index < -0.39 is 0 Å². The molecule has 6 heteroatoms. The highest BCUT2D eigenvalue weighted by Gasteiger charge is 2.30. The molecule has 54 heavy (non-hydrogen) atoms. The van der Waals surface area contributed by atoms with Crippen LogP contribution in [-0.2, 0) is 0 Å². The molecule has 1 N–H and O–H groups in total. The molecule has 0 amide bonds. The van der Waals surface area contributed by atoms with Crippen LogP contribution in [0.15, 0.2) is 187 Å². The Morgan fingerprint density at radius 2 is 0.926 bits per heavy atom. The van der Waals surface area contributed by atoms with Gasteiger partial charge in [0.15, 0.2) is 0 Å². The van der Waals surface area contributed by atoms with Gasteiger partial charge in [0, 0.05) is 38.4 Å². The summed E-state index contributed by atoms with van der Waals surface area (Å²) in [6.45, 7) is 0. The van der Waals surface area contributed by atoms with Gasteiger partial charge in [0.2, 0.25) is 5.95 Å². The summed E-state index contributed by atoms with van der Waals surface area (Å²) in [6.07, 6.45) is -0.319. The van der Waals surface area contributed by atoms with Crippen LogP contribution in [0.25, 0.3) is 66.5 Å². The van der Waals surface area contributed by atoms with Gasteiger partial charge >= 0.3 is 0 Å². The Hall–Kier alpha value is -7.31. The number of nitrogens with one attached hydrogen (secondary N) is 1. The average molecular weight is 693 g/mol. The van der Waals surface area contributed by atoms with Crippen LogP contribution < -0.4 is 5.32 Å². The van der Waals surface area contributed by atoms with Crippen molar-refractivity contribution in [1.29, 1.82) is 0 Å². The molecule has 1 unspecified atom stereocenters. The van der Waals surface area contributed by atoms with E-state index in [9.17, 15) is 0 Å². The summed E-state index contributed by atoms with van der Waals surface area (Å²) in [4.78, 5) is 16.5. The molecule has 3 aromatic heterocycles. The Kier molecular flexibility index (Phi) is 6.82. The highest BCUT2D eigenvalue weighted by molar-refractivity contribution is 6.24. The number of aromatic nitrogens is 4. The Balaban J connectivity index is 1.29. The van der Waals surface area contributed by atoms with Gasteiger partial charge in [0.1, 0.15) is 11.9 Å². The van der Waals surface area contributed by atoms with Gasteiger partial charge in [-0.2, -0.15) is 0 Å². The van der Waals surface area contributed by atoms with E-state index in [1.807, 2.05) is 18.2 Å². The molecule has 0 saturated heterocycles. The highest BCUT2D eigenvalue weighted by atomic mass is 15.2. The summed E-state index contributed by atoms with van der Waals surface area (Å²) in [7, 11) is 0. The minimum atomic E-state index is -0.319. The predicted molar refractivity (Wildman–Crippen MR) is 221 cm³/mol. The first-order valence-corrected chi connectivity index (χ1v) is 18.3. The molecule has 10 aromatic rings. The van der Waals surface area contributed by atoms with Crippen molar-refractivity contribution in [3.63, 3.8) is 0 Å². The van der Waals surface area contributed by atoms with Crippen molar-refractivity contribution in [2.24, 2.45) is 4.99 Å². The number of benzene rings is 7. The lowest BCUT2D eigenvalue weighted by Crippen LogP contribution is -2.24. The van der Waals surface area contributed by atoms with Gasteiger partial charge in [-0.15, -0.1) is 0 Å². The lowest BCUT2D eigenvalue weighted by Gasteiger charge is -2.28. The first-order chi connectivity index (χ1) is 26.8. The van der Waals surface area contributed by atoms with Crippen LogP contribution in [-0.4, -0.2) is 24.8 Å². The molecule has 1 atom stereocenters. The van der Waals surface area contributed by atoms with E-state index in [-0.39, 0.29) is 6.17 Å². The summed E-state index contributed by atoms with van der Waals surface area (Å²) >= 11 is 0.